The van der Waals surface area contributed by atoms with Crippen LogP contribution in [0.3, 0.4) is 0 Å². The summed E-state index contributed by atoms with van der Waals surface area (Å²) in [6.45, 7) is 3.99. The van der Waals surface area contributed by atoms with Crippen molar-refractivity contribution in [1.29, 1.82) is 0 Å². The van der Waals surface area contributed by atoms with E-state index in [-0.39, 0.29) is 12.6 Å². The Hall–Kier alpha value is -2.06. The van der Waals surface area contributed by atoms with E-state index in [0.717, 1.165) is 5.56 Å². The Morgan fingerprint density at radius 3 is 2.78 bits per heavy atom. The van der Waals surface area contributed by atoms with E-state index in [2.05, 4.69) is 9.73 Å². The van der Waals surface area contributed by atoms with E-state index in [0.29, 0.717) is 6.61 Å². The summed E-state index contributed by atoms with van der Waals surface area (Å²) >= 11 is 0. The van der Waals surface area contributed by atoms with Gasteiger partial charge < -0.3 is 23.7 Å². The molecule has 0 unspecified atom stereocenters. The Morgan fingerprint density at radius 2 is 2.04 bits per heavy atom. The number of carbonyl (C=O) groups is 1. The molecule has 7 heteroatoms. The van der Waals surface area contributed by atoms with Crippen LogP contribution in [0, 0.1) is 0 Å². The Bertz CT molecular complexity index is 687. The summed E-state index contributed by atoms with van der Waals surface area (Å²) in [6.07, 6.45) is 3.73. The van der Waals surface area contributed by atoms with Gasteiger partial charge in [-0.3, -0.25) is 9.79 Å². The highest BCUT2D eigenvalue weighted by Crippen LogP contribution is 2.38. The van der Waals surface area contributed by atoms with Crippen LogP contribution in [0.4, 0.5) is 0 Å². The van der Waals surface area contributed by atoms with Crippen LogP contribution in [0.25, 0.3) is 6.08 Å². The molecule has 3 rings (SSSR count). The first-order valence-corrected chi connectivity index (χ1v) is 8.89. The van der Waals surface area contributed by atoms with Crippen molar-refractivity contribution in [3.05, 3.63) is 42.0 Å². The predicted molar refractivity (Wildman–Crippen MR) is 99.3 cm³/mol. The van der Waals surface area contributed by atoms with Crippen LogP contribution in [-0.2, 0) is 28.5 Å². The maximum Gasteiger partial charge on any atom is 0.327 e. The molecule has 0 N–H and O–H groups in total. The quantitative estimate of drug-likeness (QED) is 0.537. The summed E-state index contributed by atoms with van der Waals surface area (Å²) in [5.41, 5.74) is 1.10. The SMILES string of the molecule is COC(=O)CN=C[C@H]1O[C@@H]2OC(C)(C)O[C@@H]2[C@H]1OC/C=C/c1ccccc1. The molecule has 2 aliphatic rings. The second-order valence-corrected chi connectivity index (χ2v) is 6.75. The molecule has 0 saturated carbocycles. The number of carbonyl (C=O) groups excluding carboxylic acids is 1. The summed E-state index contributed by atoms with van der Waals surface area (Å²) in [5.74, 6) is -1.15. The third-order valence-electron chi connectivity index (χ3n) is 4.22. The molecule has 146 valence electrons. The van der Waals surface area contributed by atoms with Gasteiger partial charge in [0.15, 0.2) is 12.1 Å². The lowest BCUT2D eigenvalue weighted by Crippen LogP contribution is -2.37. The molecule has 1 aromatic rings. The molecule has 7 nitrogen and oxygen atoms in total. The van der Waals surface area contributed by atoms with E-state index in [9.17, 15) is 4.79 Å². The van der Waals surface area contributed by atoms with Gasteiger partial charge in [0.1, 0.15) is 24.9 Å². The van der Waals surface area contributed by atoms with Gasteiger partial charge in [0.2, 0.25) is 0 Å². The highest BCUT2D eigenvalue weighted by atomic mass is 16.8. The van der Waals surface area contributed by atoms with E-state index in [1.54, 1.807) is 6.21 Å². The van der Waals surface area contributed by atoms with Gasteiger partial charge in [-0.15, -0.1) is 0 Å². The molecule has 0 bridgehead atoms. The van der Waals surface area contributed by atoms with Gasteiger partial charge >= 0.3 is 5.97 Å². The molecule has 0 spiro atoms. The van der Waals surface area contributed by atoms with Crippen LogP contribution < -0.4 is 0 Å². The Labute approximate surface area is 158 Å². The molecule has 1 aromatic carbocycles. The van der Waals surface area contributed by atoms with Crippen LogP contribution >= 0.6 is 0 Å². The topological polar surface area (TPSA) is 75.6 Å². The minimum absolute atomic E-state index is 0.0699. The van der Waals surface area contributed by atoms with Crippen LogP contribution in [-0.4, -0.2) is 62.8 Å². The van der Waals surface area contributed by atoms with Crippen molar-refractivity contribution in [2.24, 2.45) is 4.99 Å². The Kier molecular flexibility index (Phi) is 6.38. The van der Waals surface area contributed by atoms with Crippen molar-refractivity contribution in [2.45, 2.75) is 44.2 Å². The van der Waals surface area contributed by atoms with E-state index in [1.807, 2.05) is 56.3 Å². The zero-order valence-electron chi connectivity index (χ0n) is 15.7. The van der Waals surface area contributed by atoms with Crippen molar-refractivity contribution in [3.8, 4) is 0 Å². The maximum atomic E-state index is 11.2. The predicted octanol–water partition coefficient (Wildman–Crippen LogP) is 2.21. The van der Waals surface area contributed by atoms with Crippen LogP contribution in [0.15, 0.2) is 41.4 Å². The van der Waals surface area contributed by atoms with E-state index < -0.39 is 30.3 Å². The van der Waals surface area contributed by atoms with Crippen molar-refractivity contribution < 1.29 is 28.5 Å². The summed E-state index contributed by atoms with van der Waals surface area (Å²) in [7, 11) is 1.32. The monoisotopic (exact) mass is 375 g/mol. The highest BCUT2D eigenvalue weighted by molar-refractivity contribution is 5.75. The number of hydrogen-bond acceptors (Lipinski definition) is 7. The number of aliphatic imine (C=N–C) groups is 1. The number of ether oxygens (including phenoxy) is 5. The number of benzene rings is 1. The molecule has 27 heavy (non-hydrogen) atoms. The smallest absolute Gasteiger partial charge is 0.327 e. The molecular formula is C20H25NO6. The first-order chi connectivity index (χ1) is 13.0. The standard InChI is InChI=1S/C20H25NO6/c1-20(2)26-18-17(24-11-7-10-14-8-5-4-6-9-14)15(25-19(18)27-20)12-21-13-16(22)23-3/h4-10,12,15,17-19H,11,13H2,1-3H3/b10-7+,21-12?/t15-,17+,18-,19-/m1/s1. The molecule has 2 heterocycles. The second-order valence-electron chi connectivity index (χ2n) is 6.75. The molecule has 2 aliphatic heterocycles. The normalized spacial score (nSPS) is 29.4. The molecule has 4 atom stereocenters. The van der Waals surface area contributed by atoms with Gasteiger partial charge in [-0.1, -0.05) is 42.5 Å². The third-order valence-corrected chi connectivity index (χ3v) is 4.22. The molecular weight excluding hydrogens is 350 g/mol. The van der Waals surface area contributed by atoms with Crippen molar-refractivity contribution in [2.75, 3.05) is 20.3 Å². The first-order valence-electron chi connectivity index (χ1n) is 8.89. The lowest BCUT2D eigenvalue weighted by atomic mass is 10.1. The Balaban J connectivity index is 1.61. The van der Waals surface area contributed by atoms with Crippen LogP contribution in [0.1, 0.15) is 19.4 Å². The minimum Gasteiger partial charge on any atom is -0.468 e. The highest BCUT2D eigenvalue weighted by Gasteiger charge is 2.54. The number of methoxy groups -OCH3 is 1. The average molecular weight is 375 g/mol. The van der Waals surface area contributed by atoms with Crippen LogP contribution in [0.2, 0.25) is 0 Å². The van der Waals surface area contributed by atoms with Gasteiger partial charge in [0, 0.05) is 6.21 Å². The largest absolute Gasteiger partial charge is 0.468 e. The summed E-state index contributed by atoms with van der Waals surface area (Å²) in [6, 6.07) is 9.97. The lowest BCUT2D eigenvalue weighted by Gasteiger charge is -2.23. The fourth-order valence-corrected chi connectivity index (χ4v) is 3.02. The molecule has 0 amide bonds. The summed E-state index contributed by atoms with van der Waals surface area (Å²) in [4.78, 5) is 15.3. The minimum atomic E-state index is -0.731. The lowest BCUT2D eigenvalue weighted by molar-refractivity contribution is -0.208. The fourth-order valence-electron chi connectivity index (χ4n) is 3.02. The van der Waals surface area contributed by atoms with E-state index in [1.165, 1.54) is 7.11 Å². The number of hydrogen-bond donors (Lipinski definition) is 0. The van der Waals surface area contributed by atoms with E-state index in [4.69, 9.17) is 18.9 Å². The number of esters is 1. The average Bonchev–Trinajstić information content (AvgIpc) is 3.11. The van der Waals surface area contributed by atoms with Crippen molar-refractivity contribution in [1.82, 2.24) is 0 Å². The van der Waals surface area contributed by atoms with Gasteiger partial charge in [-0.25, -0.2) is 0 Å². The van der Waals surface area contributed by atoms with Gasteiger partial charge in [-0.05, 0) is 19.4 Å². The molecule has 2 fully saturated rings. The number of nitrogens with zero attached hydrogens (tertiary/aromatic N) is 1. The third kappa shape index (κ3) is 5.23. The van der Waals surface area contributed by atoms with Crippen LogP contribution in [0.5, 0.6) is 0 Å². The second kappa shape index (κ2) is 8.75. The van der Waals surface area contributed by atoms with Crippen molar-refractivity contribution >= 4 is 18.3 Å². The van der Waals surface area contributed by atoms with Gasteiger partial charge in [0.05, 0.1) is 13.7 Å². The molecule has 2 saturated heterocycles. The zero-order valence-corrected chi connectivity index (χ0v) is 15.7. The summed E-state index contributed by atoms with van der Waals surface area (Å²) < 4.78 is 28.1. The number of fused-ring (bicyclic) bond motifs is 1. The Morgan fingerprint density at radius 1 is 1.26 bits per heavy atom. The van der Waals surface area contributed by atoms with Gasteiger partial charge in [-0.2, -0.15) is 0 Å². The van der Waals surface area contributed by atoms with Gasteiger partial charge in [0.25, 0.3) is 0 Å². The molecule has 0 radical (unpaired) electrons. The summed E-state index contributed by atoms with van der Waals surface area (Å²) in [5, 5.41) is 0. The van der Waals surface area contributed by atoms with E-state index >= 15 is 0 Å². The van der Waals surface area contributed by atoms with Crippen molar-refractivity contribution in [3.63, 3.8) is 0 Å². The molecule has 0 aliphatic carbocycles. The number of rotatable bonds is 7. The first kappa shape index (κ1) is 19.7. The zero-order chi connectivity index (χ0) is 19.3. The molecule has 0 aromatic heterocycles. The fraction of sp³-hybridized carbons (Fsp3) is 0.500. The maximum absolute atomic E-state index is 11.2.